The second kappa shape index (κ2) is 5.64. The number of aryl methyl sites for hydroxylation is 1. The monoisotopic (exact) mass is 244 g/mol. The van der Waals surface area contributed by atoms with Gasteiger partial charge >= 0.3 is 0 Å². The minimum atomic E-state index is -0.910. The van der Waals surface area contributed by atoms with E-state index < -0.39 is 10.8 Å². The van der Waals surface area contributed by atoms with Crippen LogP contribution in [-0.2, 0) is 17.3 Å². The van der Waals surface area contributed by atoms with Crippen LogP contribution in [0.4, 0.5) is 5.69 Å². The largest absolute Gasteiger partial charge is 0.396 e. The minimum absolute atomic E-state index is 0.276. The number of amides is 1. The van der Waals surface area contributed by atoms with E-state index in [4.69, 9.17) is 5.73 Å². The Morgan fingerprint density at radius 3 is 2.94 bits per heavy atom. The Hall–Kier alpha value is -1.37. The van der Waals surface area contributed by atoms with Gasteiger partial charge in [0.2, 0.25) is 0 Å². The van der Waals surface area contributed by atoms with E-state index in [0.717, 1.165) is 0 Å². The molecule has 0 aromatic carbocycles. The van der Waals surface area contributed by atoms with Gasteiger partial charge in [-0.1, -0.05) is 0 Å². The van der Waals surface area contributed by atoms with Gasteiger partial charge in [0.05, 0.1) is 11.9 Å². The van der Waals surface area contributed by atoms with Crippen LogP contribution in [0.15, 0.2) is 6.20 Å². The zero-order chi connectivity index (χ0) is 12.1. The molecule has 1 unspecified atom stereocenters. The Bertz CT molecular complexity index is 402. The van der Waals surface area contributed by atoms with Gasteiger partial charge in [0, 0.05) is 35.9 Å². The minimum Gasteiger partial charge on any atom is -0.396 e. The Balaban J connectivity index is 2.65. The Labute approximate surface area is 96.7 Å². The van der Waals surface area contributed by atoms with Gasteiger partial charge in [-0.15, -0.1) is 0 Å². The second-order valence-corrected chi connectivity index (χ2v) is 4.85. The molecule has 90 valence electrons. The summed E-state index contributed by atoms with van der Waals surface area (Å²) in [5, 5.41) is 6.63. The van der Waals surface area contributed by atoms with E-state index in [0.29, 0.717) is 30.2 Å². The van der Waals surface area contributed by atoms with Gasteiger partial charge < -0.3 is 11.1 Å². The molecule has 6 nitrogen and oxygen atoms in total. The molecule has 1 atom stereocenters. The quantitative estimate of drug-likeness (QED) is 0.737. The summed E-state index contributed by atoms with van der Waals surface area (Å²) in [5.41, 5.74) is 6.37. The first-order valence-electron chi connectivity index (χ1n) is 4.95. The molecule has 1 aromatic heterocycles. The van der Waals surface area contributed by atoms with Crippen molar-refractivity contribution in [3.05, 3.63) is 11.9 Å². The molecule has 0 radical (unpaired) electrons. The van der Waals surface area contributed by atoms with E-state index in [1.807, 2.05) is 6.92 Å². The number of anilines is 1. The number of hydrogen-bond donors (Lipinski definition) is 2. The Morgan fingerprint density at radius 2 is 2.38 bits per heavy atom. The first kappa shape index (κ1) is 12.7. The number of carbonyl (C=O) groups excluding carboxylic acids is 1. The molecule has 0 bridgehead atoms. The molecule has 0 saturated carbocycles. The molecule has 1 heterocycles. The number of aromatic nitrogens is 2. The third-order valence-corrected chi connectivity index (χ3v) is 2.84. The number of nitrogen functional groups attached to an aromatic ring is 1. The summed E-state index contributed by atoms with van der Waals surface area (Å²) in [6, 6.07) is 0. The van der Waals surface area contributed by atoms with Crippen LogP contribution in [0, 0.1) is 0 Å². The molecule has 0 spiro atoms. The lowest BCUT2D eigenvalue weighted by Gasteiger charge is -2.06. The Kier molecular flexibility index (Phi) is 4.48. The topological polar surface area (TPSA) is 90.0 Å². The zero-order valence-electron chi connectivity index (χ0n) is 9.40. The molecular formula is C9H16N4O2S. The Morgan fingerprint density at radius 1 is 1.69 bits per heavy atom. The molecule has 0 saturated heterocycles. The summed E-state index contributed by atoms with van der Waals surface area (Å²) in [6.07, 6.45) is 3.05. The van der Waals surface area contributed by atoms with Crippen molar-refractivity contribution in [3.63, 3.8) is 0 Å². The maximum atomic E-state index is 11.7. The van der Waals surface area contributed by atoms with Crippen molar-refractivity contribution in [2.75, 3.05) is 24.3 Å². The average molecular weight is 244 g/mol. The van der Waals surface area contributed by atoms with Gasteiger partial charge in [0.25, 0.3) is 5.91 Å². The van der Waals surface area contributed by atoms with Crippen molar-refractivity contribution < 1.29 is 9.00 Å². The van der Waals surface area contributed by atoms with Gasteiger partial charge in [0.1, 0.15) is 5.69 Å². The van der Waals surface area contributed by atoms with Crippen molar-refractivity contribution in [3.8, 4) is 0 Å². The molecule has 1 amide bonds. The first-order valence-corrected chi connectivity index (χ1v) is 6.68. The highest BCUT2D eigenvalue weighted by Gasteiger charge is 2.15. The van der Waals surface area contributed by atoms with Crippen molar-refractivity contribution in [2.24, 2.45) is 0 Å². The van der Waals surface area contributed by atoms with Crippen LogP contribution >= 0.6 is 0 Å². The molecule has 0 aliphatic rings. The van der Waals surface area contributed by atoms with E-state index in [2.05, 4.69) is 10.4 Å². The van der Waals surface area contributed by atoms with Crippen LogP contribution in [0.25, 0.3) is 0 Å². The van der Waals surface area contributed by atoms with E-state index in [9.17, 15) is 9.00 Å². The predicted octanol–water partition coefficient (Wildman–Crippen LogP) is -0.406. The fraction of sp³-hybridized carbons (Fsp3) is 0.556. The summed E-state index contributed by atoms with van der Waals surface area (Å²) in [5.74, 6) is 0.161. The van der Waals surface area contributed by atoms with Gasteiger partial charge in [-0.2, -0.15) is 5.10 Å². The SMILES string of the molecule is CCn1ncc(N)c1C(=O)NCCS(C)=O. The highest BCUT2D eigenvalue weighted by Crippen LogP contribution is 2.09. The summed E-state index contributed by atoms with van der Waals surface area (Å²) in [4.78, 5) is 11.7. The summed E-state index contributed by atoms with van der Waals surface area (Å²) in [6.45, 7) is 2.83. The zero-order valence-corrected chi connectivity index (χ0v) is 10.2. The van der Waals surface area contributed by atoms with Crippen molar-refractivity contribution in [2.45, 2.75) is 13.5 Å². The lowest BCUT2D eigenvalue weighted by atomic mass is 10.3. The van der Waals surface area contributed by atoms with Crippen LogP contribution in [-0.4, -0.2) is 38.4 Å². The fourth-order valence-corrected chi connectivity index (χ4v) is 1.67. The summed E-state index contributed by atoms with van der Waals surface area (Å²) >= 11 is 0. The maximum absolute atomic E-state index is 11.7. The van der Waals surface area contributed by atoms with Crippen LogP contribution in [0.2, 0.25) is 0 Å². The number of nitrogens with zero attached hydrogens (tertiary/aromatic N) is 2. The van der Waals surface area contributed by atoms with E-state index >= 15 is 0 Å². The molecule has 1 rings (SSSR count). The average Bonchev–Trinajstić information content (AvgIpc) is 2.58. The van der Waals surface area contributed by atoms with Crippen molar-refractivity contribution in [1.82, 2.24) is 15.1 Å². The maximum Gasteiger partial charge on any atom is 0.271 e. The third-order valence-electron chi connectivity index (χ3n) is 2.06. The second-order valence-electron chi connectivity index (χ2n) is 3.30. The first-order chi connectivity index (χ1) is 7.56. The van der Waals surface area contributed by atoms with Crippen LogP contribution < -0.4 is 11.1 Å². The molecule has 1 aromatic rings. The molecular weight excluding hydrogens is 228 g/mol. The van der Waals surface area contributed by atoms with Crippen LogP contribution in [0.3, 0.4) is 0 Å². The van der Waals surface area contributed by atoms with E-state index in [1.165, 1.54) is 10.9 Å². The van der Waals surface area contributed by atoms with E-state index in [-0.39, 0.29) is 5.91 Å². The molecule has 0 aliphatic carbocycles. The number of carbonyl (C=O) groups is 1. The molecule has 0 fully saturated rings. The highest BCUT2D eigenvalue weighted by molar-refractivity contribution is 7.84. The highest BCUT2D eigenvalue weighted by atomic mass is 32.2. The lowest BCUT2D eigenvalue weighted by molar-refractivity contribution is 0.0946. The number of nitrogens with two attached hydrogens (primary N) is 1. The fourth-order valence-electron chi connectivity index (χ4n) is 1.28. The summed E-state index contributed by atoms with van der Waals surface area (Å²) < 4.78 is 12.4. The summed E-state index contributed by atoms with van der Waals surface area (Å²) in [7, 11) is -0.910. The molecule has 3 N–H and O–H groups in total. The number of rotatable bonds is 5. The van der Waals surface area contributed by atoms with E-state index in [1.54, 1.807) is 6.26 Å². The van der Waals surface area contributed by atoms with Crippen molar-refractivity contribution in [1.29, 1.82) is 0 Å². The third kappa shape index (κ3) is 3.06. The van der Waals surface area contributed by atoms with Gasteiger partial charge in [0.15, 0.2) is 0 Å². The molecule has 16 heavy (non-hydrogen) atoms. The van der Waals surface area contributed by atoms with Crippen molar-refractivity contribution >= 4 is 22.4 Å². The van der Waals surface area contributed by atoms with Crippen LogP contribution in [0.5, 0.6) is 0 Å². The lowest BCUT2D eigenvalue weighted by Crippen LogP contribution is -2.30. The normalized spacial score (nSPS) is 12.4. The smallest absolute Gasteiger partial charge is 0.271 e. The van der Waals surface area contributed by atoms with Gasteiger partial charge in [-0.3, -0.25) is 13.7 Å². The van der Waals surface area contributed by atoms with Gasteiger partial charge in [-0.25, -0.2) is 0 Å². The standard InChI is InChI=1S/C9H16N4O2S/c1-3-13-8(7(10)6-12-13)9(14)11-4-5-16(2)15/h6H,3-5,10H2,1-2H3,(H,11,14). The van der Waals surface area contributed by atoms with Crippen LogP contribution in [0.1, 0.15) is 17.4 Å². The molecule has 7 heteroatoms. The molecule has 0 aliphatic heterocycles. The number of hydrogen-bond acceptors (Lipinski definition) is 4. The van der Waals surface area contributed by atoms with Gasteiger partial charge in [-0.05, 0) is 6.92 Å². The number of nitrogens with one attached hydrogen (secondary N) is 1. The predicted molar refractivity (Wildman–Crippen MR) is 63.6 cm³/mol.